The van der Waals surface area contributed by atoms with Gasteiger partial charge < -0.3 is 14.8 Å². The fourth-order valence-corrected chi connectivity index (χ4v) is 2.66. The van der Waals surface area contributed by atoms with Crippen LogP contribution in [0.25, 0.3) is 0 Å². The molecule has 0 fully saturated rings. The van der Waals surface area contributed by atoms with E-state index in [1.807, 2.05) is 85.8 Å². The van der Waals surface area contributed by atoms with E-state index in [1.54, 1.807) is 0 Å². The Bertz CT molecular complexity index is 860. The van der Waals surface area contributed by atoms with Crippen molar-refractivity contribution in [3.8, 4) is 11.5 Å². The highest BCUT2D eigenvalue weighted by atomic mass is 16.5. The van der Waals surface area contributed by atoms with Crippen LogP contribution in [-0.4, -0.2) is 19.1 Å². The first kappa shape index (κ1) is 18.5. The first-order valence-electron chi connectivity index (χ1n) is 8.96. The molecule has 138 valence electrons. The van der Waals surface area contributed by atoms with Crippen LogP contribution in [0.1, 0.15) is 11.1 Å². The zero-order valence-corrected chi connectivity index (χ0v) is 15.4. The number of hydrogen-bond donors (Lipinski definition) is 1. The van der Waals surface area contributed by atoms with Crippen LogP contribution in [0.15, 0.2) is 78.9 Å². The number of anilines is 1. The normalized spacial score (nSPS) is 10.3. The summed E-state index contributed by atoms with van der Waals surface area (Å²) in [5.41, 5.74) is 2.91. The average molecular weight is 361 g/mol. The number of carbonyl (C=O) groups excluding carboxylic acids is 1. The molecule has 0 bridgehead atoms. The Morgan fingerprint density at radius 3 is 2.04 bits per heavy atom. The van der Waals surface area contributed by atoms with E-state index in [9.17, 15) is 4.79 Å². The second kappa shape index (κ2) is 9.43. The van der Waals surface area contributed by atoms with Gasteiger partial charge in [0, 0.05) is 5.69 Å². The van der Waals surface area contributed by atoms with Crippen LogP contribution in [0.2, 0.25) is 0 Å². The van der Waals surface area contributed by atoms with E-state index < -0.39 is 0 Å². The van der Waals surface area contributed by atoms with E-state index >= 15 is 0 Å². The lowest BCUT2D eigenvalue weighted by atomic mass is 10.1. The van der Waals surface area contributed by atoms with Gasteiger partial charge >= 0.3 is 0 Å². The molecule has 0 saturated carbocycles. The summed E-state index contributed by atoms with van der Waals surface area (Å²) in [4.78, 5) is 12.2. The first-order valence-corrected chi connectivity index (χ1v) is 8.96. The Kier molecular flexibility index (Phi) is 6.47. The first-order chi connectivity index (χ1) is 13.2. The lowest BCUT2D eigenvalue weighted by molar-refractivity contribution is -0.115. The number of benzene rings is 3. The number of hydrogen-bond acceptors (Lipinski definition) is 3. The minimum Gasteiger partial charge on any atom is -0.490 e. The van der Waals surface area contributed by atoms with E-state index in [1.165, 1.54) is 0 Å². The van der Waals surface area contributed by atoms with Crippen LogP contribution < -0.4 is 14.8 Å². The van der Waals surface area contributed by atoms with Crippen LogP contribution in [0.3, 0.4) is 0 Å². The van der Waals surface area contributed by atoms with Crippen LogP contribution in [0.5, 0.6) is 11.5 Å². The summed E-state index contributed by atoms with van der Waals surface area (Å²) in [5.74, 6) is 1.53. The maximum atomic E-state index is 12.2. The number of ether oxygens (including phenoxy) is 2. The Balaban J connectivity index is 1.43. The Morgan fingerprint density at radius 1 is 0.778 bits per heavy atom. The zero-order valence-electron chi connectivity index (χ0n) is 15.4. The molecule has 0 aliphatic heterocycles. The van der Waals surface area contributed by atoms with E-state index in [2.05, 4.69) is 5.32 Å². The summed E-state index contributed by atoms with van der Waals surface area (Å²) in [7, 11) is 0. The van der Waals surface area contributed by atoms with Crippen LogP contribution in [0, 0.1) is 6.92 Å². The molecule has 0 atom stereocenters. The maximum Gasteiger partial charge on any atom is 0.228 e. The van der Waals surface area contributed by atoms with Crippen molar-refractivity contribution in [2.75, 3.05) is 18.5 Å². The van der Waals surface area contributed by atoms with Gasteiger partial charge in [-0.05, 0) is 54.4 Å². The van der Waals surface area contributed by atoms with Crippen molar-refractivity contribution in [1.82, 2.24) is 0 Å². The lowest BCUT2D eigenvalue weighted by Gasteiger charge is -2.10. The molecule has 0 aromatic heterocycles. The van der Waals surface area contributed by atoms with Gasteiger partial charge in [0.25, 0.3) is 0 Å². The molecule has 0 radical (unpaired) electrons. The fraction of sp³-hybridized carbons (Fsp3) is 0.174. The number of carbonyl (C=O) groups is 1. The fourth-order valence-electron chi connectivity index (χ4n) is 2.66. The second-order valence-corrected chi connectivity index (χ2v) is 6.19. The van der Waals surface area contributed by atoms with Crippen LogP contribution >= 0.6 is 0 Å². The third-order valence-electron chi connectivity index (χ3n) is 4.11. The predicted molar refractivity (Wildman–Crippen MR) is 107 cm³/mol. The molecule has 4 heteroatoms. The molecule has 3 aromatic rings. The van der Waals surface area contributed by atoms with Gasteiger partial charge in [-0.1, -0.05) is 42.5 Å². The minimum absolute atomic E-state index is 0.0331. The minimum atomic E-state index is -0.0331. The molecular weight excluding hydrogens is 338 g/mol. The van der Waals surface area contributed by atoms with Crippen molar-refractivity contribution in [3.05, 3.63) is 90.0 Å². The molecule has 4 nitrogen and oxygen atoms in total. The SMILES string of the molecule is Cc1ccccc1CC(=O)Nc1ccc(OCCOc2ccccc2)cc1. The predicted octanol–water partition coefficient (Wildman–Crippen LogP) is 4.63. The summed E-state index contributed by atoms with van der Waals surface area (Å²) in [6.45, 7) is 2.93. The molecule has 0 saturated heterocycles. The Morgan fingerprint density at radius 2 is 1.37 bits per heavy atom. The number of para-hydroxylation sites is 1. The summed E-state index contributed by atoms with van der Waals surface area (Å²) < 4.78 is 11.2. The highest BCUT2D eigenvalue weighted by Gasteiger charge is 2.06. The van der Waals surface area contributed by atoms with Gasteiger partial charge in [0.15, 0.2) is 0 Å². The maximum absolute atomic E-state index is 12.2. The number of aryl methyl sites for hydroxylation is 1. The van der Waals surface area contributed by atoms with Crippen molar-refractivity contribution in [3.63, 3.8) is 0 Å². The summed E-state index contributed by atoms with van der Waals surface area (Å²) >= 11 is 0. The van der Waals surface area contributed by atoms with E-state index in [4.69, 9.17) is 9.47 Å². The smallest absolute Gasteiger partial charge is 0.228 e. The molecule has 0 spiro atoms. The van der Waals surface area contributed by atoms with Crippen molar-refractivity contribution in [1.29, 1.82) is 0 Å². The molecule has 1 amide bonds. The number of rotatable bonds is 8. The van der Waals surface area contributed by atoms with Crippen molar-refractivity contribution in [2.45, 2.75) is 13.3 Å². The van der Waals surface area contributed by atoms with E-state index in [0.717, 1.165) is 28.3 Å². The monoisotopic (exact) mass is 361 g/mol. The third kappa shape index (κ3) is 5.89. The Labute approximate surface area is 159 Å². The third-order valence-corrected chi connectivity index (χ3v) is 4.11. The van der Waals surface area contributed by atoms with Gasteiger partial charge in [0.2, 0.25) is 5.91 Å². The van der Waals surface area contributed by atoms with Gasteiger partial charge in [-0.2, -0.15) is 0 Å². The largest absolute Gasteiger partial charge is 0.490 e. The van der Waals surface area contributed by atoms with Crippen molar-refractivity contribution < 1.29 is 14.3 Å². The molecular formula is C23H23NO3. The molecule has 0 aliphatic carbocycles. The molecule has 3 rings (SSSR count). The topological polar surface area (TPSA) is 47.6 Å². The lowest BCUT2D eigenvalue weighted by Crippen LogP contribution is -2.15. The van der Waals surface area contributed by atoms with Crippen LogP contribution in [0.4, 0.5) is 5.69 Å². The van der Waals surface area contributed by atoms with Crippen molar-refractivity contribution in [2.24, 2.45) is 0 Å². The van der Waals surface area contributed by atoms with E-state index in [-0.39, 0.29) is 5.91 Å². The summed E-state index contributed by atoms with van der Waals surface area (Å²) in [5, 5.41) is 2.91. The highest BCUT2D eigenvalue weighted by Crippen LogP contribution is 2.17. The molecule has 0 unspecified atom stereocenters. The average Bonchev–Trinajstić information content (AvgIpc) is 2.69. The molecule has 27 heavy (non-hydrogen) atoms. The number of amides is 1. The van der Waals surface area contributed by atoms with Crippen LogP contribution in [-0.2, 0) is 11.2 Å². The summed E-state index contributed by atoms with van der Waals surface area (Å²) in [6.07, 6.45) is 0.363. The molecule has 0 heterocycles. The van der Waals surface area contributed by atoms with Gasteiger partial charge in [-0.15, -0.1) is 0 Å². The standard InChI is InChI=1S/C23H23NO3/c1-18-7-5-6-8-19(18)17-23(25)24-20-11-13-22(14-12-20)27-16-15-26-21-9-3-2-4-10-21/h2-14H,15-17H2,1H3,(H,24,25). The number of nitrogens with one attached hydrogen (secondary N) is 1. The van der Waals surface area contributed by atoms with Gasteiger partial charge in [0.1, 0.15) is 24.7 Å². The Hall–Kier alpha value is -3.27. The molecule has 3 aromatic carbocycles. The van der Waals surface area contributed by atoms with Gasteiger partial charge in [-0.25, -0.2) is 0 Å². The zero-order chi connectivity index (χ0) is 18.9. The van der Waals surface area contributed by atoms with E-state index in [0.29, 0.717) is 19.6 Å². The highest BCUT2D eigenvalue weighted by molar-refractivity contribution is 5.92. The molecule has 1 N–H and O–H groups in total. The summed E-state index contributed by atoms with van der Waals surface area (Å²) in [6, 6.07) is 24.9. The molecule has 0 aliphatic rings. The van der Waals surface area contributed by atoms with Gasteiger partial charge in [0.05, 0.1) is 6.42 Å². The van der Waals surface area contributed by atoms with Crippen molar-refractivity contribution >= 4 is 11.6 Å². The quantitative estimate of drug-likeness (QED) is 0.595. The second-order valence-electron chi connectivity index (χ2n) is 6.19. The van der Waals surface area contributed by atoms with Gasteiger partial charge in [-0.3, -0.25) is 4.79 Å².